The number of methoxy groups -OCH3 is 1. The fourth-order valence-corrected chi connectivity index (χ4v) is 2.23. The number of aldehydes is 1. The maximum Gasteiger partial charge on any atom is 0.407 e. The smallest absolute Gasteiger partial charge is 0.407 e. The first-order valence-electron chi connectivity index (χ1n) is 4.65. The van der Waals surface area contributed by atoms with Gasteiger partial charge >= 0.3 is 6.09 Å². The van der Waals surface area contributed by atoms with E-state index >= 15 is 0 Å². The number of fused-ring (bicyclic) bond motifs is 1. The molecule has 3 unspecified atom stereocenters. The van der Waals surface area contributed by atoms with Crippen molar-refractivity contribution in [3.05, 3.63) is 0 Å². The summed E-state index contributed by atoms with van der Waals surface area (Å²) in [5.41, 5.74) is 0. The molecule has 0 spiro atoms. The Bertz CT molecular complexity index is 245. The first-order chi connectivity index (χ1) is 6.77. The van der Waals surface area contributed by atoms with Crippen molar-refractivity contribution in [2.75, 3.05) is 20.3 Å². The van der Waals surface area contributed by atoms with Gasteiger partial charge in [-0.25, -0.2) is 4.79 Å². The summed E-state index contributed by atoms with van der Waals surface area (Å²) in [6.45, 7) is 1.42. The quantitative estimate of drug-likeness (QED) is 0.639. The normalized spacial score (nSPS) is 35.6. The summed E-state index contributed by atoms with van der Waals surface area (Å²) in [6.07, 6.45) is 0.230. The third-order valence-electron chi connectivity index (χ3n) is 3.05. The molecule has 2 fully saturated rings. The van der Waals surface area contributed by atoms with Crippen molar-refractivity contribution in [1.82, 2.24) is 5.32 Å². The second-order valence-electron chi connectivity index (χ2n) is 3.74. The summed E-state index contributed by atoms with van der Waals surface area (Å²) in [5, 5.41) is 2.52. The number of nitrogens with one attached hydrogen (secondary N) is 1. The standard InChI is InChI=1S/C9H13NO4/c1-13-9(12)10-7(2-11)8-5-3-14-4-6(5)8/h2,5-8H,3-4H2,1H3,(H,10,12). The molecule has 5 heteroatoms. The Hall–Kier alpha value is -1.10. The van der Waals surface area contributed by atoms with Gasteiger partial charge in [0.05, 0.1) is 26.4 Å². The zero-order chi connectivity index (χ0) is 10.1. The van der Waals surface area contributed by atoms with Crippen LogP contribution in [0.25, 0.3) is 0 Å². The van der Waals surface area contributed by atoms with Gasteiger partial charge in [0.15, 0.2) is 0 Å². The SMILES string of the molecule is COC(=O)NC(C=O)C1C2COCC21. The molecule has 1 saturated heterocycles. The molecule has 1 aliphatic heterocycles. The largest absolute Gasteiger partial charge is 0.453 e. The number of amides is 1. The minimum atomic E-state index is -0.548. The summed E-state index contributed by atoms with van der Waals surface area (Å²) in [7, 11) is 1.29. The third-order valence-corrected chi connectivity index (χ3v) is 3.05. The number of rotatable bonds is 3. The highest BCUT2D eigenvalue weighted by Crippen LogP contribution is 2.52. The Morgan fingerprint density at radius 1 is 1.57 bits per heavy atom. The molecule has 5 nitrogen and oxygen atoms in total. The van der Waals surface area contributed by atoms with E-state index in [1.165, 1.54) is 7.11 Å². The summed E-state index contributed by atoms with van der Waals surface area (Å²) in [6, 6.07) is -0.415. The van der Waals surface area contributed by atoms with Crippen LogP contribution in [-0.2, 0) is 14.3 Å². The highest BCUT2D eigenvalue weighted by atomic mass is 16.5. The maximum absolute atomic E-state index is 10.9. The molecule has 1 amide bonds. The second kappa shape index (κ2) is 3.57. The van der Waals surface area contributed by atoms with E-state index in [0.29, 0.717) is 25.0 Å². The van der Waals surface area contributed by atoms with Gasteiger partial charge in [-0.2, -0.15) is 0 Å². The summed E-state index contributed by atoms with van der Waals surface area (Å²) in [4.78, 5) is 21.7. The Kier molecular flexibility index (Phi) is 2.41. The molecule has 3 atom stereocenters. The van der Waals surface area contributed by atoms with Gasteiger partial charge in [-0.3, -0.25) is 0 Å². The first kappa shape index (κ1) is 9.45. The fraction of sp³-hybridized carbons (Fsp3) is 0.778. The lowest BCUT2D eigenvalue weighted by molar-refractivity contribution is -0.110. The molecule has 2 rings (SSSR count). The van der Waals surface area contributed by atoms with Crippen molar-refractivity contribution in [2.24, 2.45) is 17.8 Å². The van der Waals surface area contributed by atoms with Gasteiger partial charge < -0.3 is 19.6 Å². The van der Waals surface area contributed by atoms with Crippen LogP contribution in [0.4, 0.5) is 4.79 Å². The lowest BCUT2D eigenvalue weighted by Crippen LogP contribution is -2.39. The molecule has 0 aromatic carbocycles. The molecule has 0 radical (unpaired) electrons. The molecule has 1 saturated carbocycles. The molecule has 2 aliphatic rings. The number of carbonyl (C=O) groups is 2. The average molecular weight is 199 g/mol. The van der Waals surface area contributed by atoms with E-state index in [2.05, 4.69) is 10.1 Å². The number of alkyl carbamates (subject to hydrolysis) is 1. The second-order valence-corrected chi connectivity index (χ2v) is 3.74. The Morgan fingerprint density at radius 2 is 2.21 bits per heavy atom. The number of hydrogen-bond donors (Lipinski definition) is 1. The van der Waals surface area contributed by atoms with Crippen LogP contribution in [0.1, 0.15) is 0 Å². The van der Waals surface area contributed by atoms with E-state index < -0.39 is 12.1 Å². The summed E-state index contributed by atoms with van der Waals surface area (Å²) >= 11 is 0. The van der Waals surface area contributed by atoms with Gasteiger partial charge in [-0.15, -0.1) is 0 Å². The van der Waals surface area contributed by atoms with Crippen molar-refractivity contribution in [1.29, 1.82) is 0 Å². The molecule has 14 heavy (non-hydrogen) atoms. The minimum Gasteiger partial charge on any atom is -0.453 e. The zero-order valence-electron chi connectivity index (χ0n) is 7.93. The fourth-order valence-electron chi connectivity index (χ4n) is 2.23. The van der Waals surface area contributed by atoms with Crippen LogP contribution in [0.15, 0.2) is 0 Å². The molecular weight excluding hydrogens is 186 g/mol. The zero-order valence-corrected chi connectivity index (χ0v) is 7.93. The average Bonchev–Trinajstić information content (AvgIpc) is 2.69. The van der Waals surface area contributed by atoms with Crippen LogP contribution in [0.2, 0.25) is 0 Å². The topological polar surface area (TPSA) is 64.6 Å². The first-order valence-corrected chi connectivity index (χ1v) is 4.65. The van der Waals surface area contributed by atoms with Gasteiger partial charge in [0, 0.05) is 0 Å². The molecule has 0 aromatic rings. The Morgan fingerprint density at radius 3 is 2.71 bits per heavy atom. The van der Waals surface area contributed by atoms with Crippen molar-refractivity contribution < 1.29 is 19.1 Å². The summed E-state index contributed by atoms with van der Waals surface area (Å²) in [5.74, 6) is 1.14. The van der Waals surface area contributed by atoms with Crippen molar-refractivity contribution in [3.63, 3.8) is 0 Å². The lowest BCUT2D eigenvalue weighted by Gasteiger charge is -2.13. The van der Waals surface area contributed by atoms with E-state index in [1.54, 1.807) is 0 Å². The van der Waals surface area contributed by atoms with Crippen LogP contribution >= 0.6 is 0 Å². The summed E-state index contributed by atoms with van der Waals surface area (Å²) < 4.78 is 9.65. The van der Waals surface area contributed by atoms with Crippen LogP contribution in [0, 0.1) is 17.8 Å². The van der Waals surface area contributed by atoms with Gasteiger partial charge in [-0.1, -0.05) is 0 Å². The number of ether oxygens (including phenoxy) is 2. The van der Waals surface area contributed by atoms with E-state index in [0.717, 1.165) is 6.29 Å². The van der Waals surface area contributed by atoms with Gasteiger partial charge in [0.1, 0.15) is 6.29 Å². The van der Waals surface area contributed by atoms with Crippen LogP contribution in [-0.4, -0.2) is 38.7 Å². The molecule has 1 aliphatic carbocycles. The van der Waals surface area contributed by atoms with Crippen LogP contribution in [0.3, 0.4) is 0 Å². The van der Waals surface area contributed by atoms with E-state index in [4.69, 9.17) is 4.74 Å². The molecule has 1 heterocycles. The predicted octanol–water partition coefficient (Wildman–Crippen LogP) is -0.198. The van der Waals surface area contributed by atoms with E-state index in [-0.39, 0.29) is 5.92 Å². The van der Waals surface area contributed by atoms with Crippen molar-refractivity contribution >= 4 is 12.4 Å². The predicted molar refractivity (Wildman–Crippen MR) is 46.7 cm³/mol. The molecule has 1 N–H and O–H groups in total. The van der Waals surface area contributed by atoms with E-state index in [1.807, 2.05) is 0 Å². The number of carbonyl (C=O) groups excluding carboxylic acids is 2. The molecular formula is C9H13NO4. The third kappa shape index (κ3) is 1.48. The lowest BCUT2D eigenvalue weighted by atomic mass is 10.1. The van der Waals surface area contributed by atoms with Crippen LogP contribution < -0.4 is 5.32 Å². The van der Waals surface area contributed by atoms with Gasteiger partial charge in [0.25, 0.3) is 0 Å². The number of hydrogen-bond acceptors (Lipinski definition) is 4. The maximum atomic E-state index is 10.9. The van der Waals surface area contributed by atoms with Crippen LogP contribution in [0.5, 0.6) is 0 Å². The van der Waals surface area contributed by atoms with Gasteiger partial charge in [-0.05, 0) is 17.8 Å². The Labute approximate surface area is 81.7 Å². The van der Waals surface area contributed by atoms with Crippen molar-refractivity contribution in [2.45, 2.75) is 6.04 Å². The minimum absolute atomic E-state index is 0.250. The Balaban J connectivity index is 1.88. The van der Waals surface area contributed by atoms with Gasteiger partial charge in [0.2, 0.25) is 0 Å². The molecule has 0 aromatic heterocycles. The highest BCUT2D eigenvalue weighted by molar-refractivity contribution is 5.73. The van der Waals surface area contributed by atoms with E-state index in [9.17, 15) is 9.59 Å². The highest BCUT2D eigenvalue weighted by Gasteiger charge is 2.57. The molecule has 78 valence electrons. The monoisotopic (exact) mass is 199 g/mol. The molecule has 0 bridgehead atoms. The van der Waals surface area contributed by atoms with Crippen molar-refractivity contribution in [3.8, 4) is 0 Å².